The summed E-state index contributed by atoms with van der Waals surface area (Å²) in [5, 5.41) is 2.75. The van der Waals surface area contributed by atoms with Gasteiger partial charge in [-0.1, -0.05) is 0 Å². The average molecular weight is 236 g/mol. The zero-order valence-corrected chi connectivity index (χ0v) is 10.2. The summed E-state index contributed by atoms with van der Waals surface area (Å²) in [5.74, 6) is 0.0210. The van der Waals surface area contributed by atoms with Gasteiger partial charge in [0.25, 0.3) is 0 Å². The number of nitrogens with one attached hydrogen (secondary N) is 1. The Kier molecular flexibility index (Phi) is 6.21. The highest BCUT2D eigenvalue weighted by Gasteiger charge is 2.05. The summed E-state index contributed by atoms with van der Waals surface area (Å²) in [6.45, 7) is 2.27. The number of aromatic nitrogens is 1. The van der Waals surface area contributed by atoms with Crippen molar-refractivity contribution in [3.05, 3.63) is 30.1 Å². The zero-order chi connectivity index (χ0) is 12.5. The minimum Gasteiger partial charge on any atom is -0.354 e. The first-order chi connectivity index (χ1) is 8.22. The van der Waals surface area contributed by atoms with Crippen molar-refractivity contribution < 1.29 is 4.79 Å². The van der Waals surface area contributed by atoms with Gasteiger partial charge in [-0.25, -0.2) is 0 Å². The summed E-state index contributed by atoms with van der Waals surface area (Å²) in [6.07, 6.45) is 4.48. The van der Waals surface area contributed by atoms with Crippen LogP contribution >= 0.6 is 0 Å². The Morgan fingerprint density at radius 1 is 1.47 bits per heavy atom. The van der Waals surface area contributed by atoms with Gasteiger partial charge >= 0.3 is 0 Å². The number of rotatable bonds is 7. The summed E-state index contributed by atoms with van der Waals surface area (Å²) < 4.78 is 0. The van der Waals surface area contributed by atoms with Crippen LogP contribution in [0.3, 0.4) is 0 Å². The van der Waals surface area contributed by atoms with Crippen molar-refractivity contribution in [2.75, 3.05) is 33.2 Å². The monoisotopic (exact) mass is 236 g/mol. The van der Waals surface area contributed by atoms with Gasteiger partial charge in [-0.05, 0) is 31.2 Å². The molecule has 0 saturated heterocycles. The summed E-state index contributed by atoms with van der Waals surface area (Å²) in [5.41, 5.74) is 6.54. The number of nitrogens with two attached hydrogens (primary N) is 1. The quantitative estimate of drug-likeness (QED) is 0.677. The SMILES string of the molecule is CN(CCc1ccncc1)CC(=O)NCCN. The molecule has 0 spiro atoms. The normalized spacial score (nSPS) is 10.5. The molecule has 1 aromatic rings. The molecule has 0 aliphatic rings. The number of amides is 1. The lowest BCUT2D eigenvalue weighted by Gasteiger charge is -2.15. The smallest absolute Gasteiger partial charge is 0.234 e. The Morgan fingerprint density at radius 3 is 2.82 bits per heavy atom. The van der Waals surface area contributed by atoms with E-state index in [1.807, 2.05) is 24.1 Å². The number of nitrogens with zero attached hydrogens (tertiary/aromatic N) is 2. The lowest BCUT2D eigenvalue weighted by atomic mass is 10.2. The summed E-state index contributed by atoms with van der Waals surface area (Å²) in [4.78, 5) is 17.4. The third-order valence-electron chi connectivity index (χ3n) is 2.41. The number of likely N-dealkylation sites (N-methyl/N-ethyl adjacent to an activating group) is 1. The molecule has 17 heavy (non-hydrogen) atoms. The van der Waals surface area contributed by atoms with Crippen molar-refractivity contribution in [2.45, 2.75) is 6.42 Å². The van der Waals surface area contributed by atoms with E-state index in [-0.39, 0.29) is 5.91 Å². The van der Waals surface area contributed by atoms with Crippen LogP contribution in [-0.4, -0.2) is 49.0 Å². The molecule has 1 aromatic heterocycles. The summed E-state index contributed by atoms with van der Waals surface area (Å²) in [7, 11) is 1.93. The fourth-order valence-electron chi connectivity index (χ4n) is 1.46. The Labute approximate surface area is 102 Å². The fourth-order valence-corrected chi connectivity index (χ4v) is 1.46. The van der Waals surface area contributed by atoms with Crippen molar-refractivity contribution in [1.82, 2.24) is 15.2 Å². The second-order valence-corrected chi connectivity index (χ2v) is 3.98. The molecule has 0 aromatic carbocycles. The van der Waals surface area contributed by atoms with Crippen LogP contribution in [0.4, 0.5) is 0 Å². The topological polar surface area (TPSA) is 71.2 Å². The number of pyridine rings is 1. The van der Waals surface area contributed by atoms with E-state index in [0.29, 0.717) is 19.6 Å². The molecular weight excluding hydrogens is 216 g/mol. The predicted octanol–water partition coefficient (Wildman–Crippen LogP) is -0.369. The predicted molar refractivity (Wildman–Crippen MR) is 67.5 cm³/mol. The molecule has 1 heterocycles. The highest BCUT2D eigenvalue weighted by molar-refractivity contribution is 5.77. The first kappa shape index (κ1) is 13.6. The summed E-state index contributed by atoms with van der Waals surface area (Å²) in [6, 6.07) is 3.98. The molecule has 0 aliphatic heterocycles. The molecule has 0 unspecified atom stereocenters. The van der Waals surface area contributed by atoms with Crippen LogP contribution in [0.2, 0.25) is 0 Å². The first-order valence-corrected chi connectivity index (χ1v) is 5.76. The van der Waals surface area contributed by atoms with Gasteiger partial charge in [0.15, 0.2) is 0 Å². The van der Waals surface area contributed by atoms with Crippen LogP contribution < -0.4 is 11.1 Å². The van der Waals surface area contributed by atoms with Gasteiger partial charge < -0.3 is 11.1 Å². The van der Waals surface area contributed by atoms with E-state index >= 15 is 0 Å². The molecule has 5 heteroatoms. The van der Waals surface area contributed by atoms with E-state index in [0.717, 1.165) is 13.0 Å². The van der Waals surface area contributed by atoms with Crippen LogP contribution in [0.5, 0.6) is 0 Å². The van der Waals surface area contributed by atoms with E-state index in [4.69, 9.17) is 5.73 Å². The maximum Gasteiger partial charge on any atom is 0.234 e. The maximum atomic E-state index is 11.4. The minimum atomic E-state index is 0.0210. The fraction of sp³-hybridized carbons (Fsp3) is 0.500. The largest absolute Gasteiger partial charge is 0.354 e. The van der Waals surface area contributed by atoms with Gasteiger partial charge in [-0.15, -0.1) is 0 Å². The van der Waals surface area contributed by atoms with Crippen LogP contribution in [0.1, 0.15) is 5.56 Å². The lowest BCUT2D eigenvalue weighted by Crippen LogP contribution is -2.38. The number of carbonyl (C=O) groups excluding carboxylic acids is 1. The molecule has 0 saturated carbocycles. The molecule has 0 fully saturated rings. The molecule has 94 valence electrons. The van der Waals surface area contributed by atoms with Crippen molar-refractivity contribution in [3.8, 4) is 0 Å². The van der Waals surface area contributed by atoms with Gasteiger partial charge in [-0.3, -0.25) is 14.7 Å². The Bertz CT molecular complexity index is 329. The third kappa shape index (κ3) is 5.99. The van der Waals surface area contributed by atoms with Gasteiger partial charge in [0, 0.05) is 32.0 Å². The van der Waals surface area contributed by atoms with E-state index in [2.05, 4.69) is 10.3 Å². The van der Waals surface area contributed by atoms with Crippen LogP contribution in [0, 0.1) is 0 Å². The number of carbonyl (C=O) groups is 1. The van der Waals surface area contributed by atoms with Gasteiger partial charge in [-0.2, -0.15) is 0 Å². The van der Waals surface area contributed by atoms with Gasteiger partial charge in [0.2, 0.25) is 5.91 Å². The van der Waals surface area contributed by atoms with E-state index < -0.39 is 0 Å². The Hall–Kier alpha value is -1.46. The van der Waals surface area contributed by atoms with Crippen LogP contribution in [0.15, 0.2) is 24.5 Å². The van der Waals surface area contributed by atoms with E-state index in [9.17, 15) is 4.79 Å². The molecule has 0 bridgehead atoms. The number of hydrogen-bond donors (Lipinski definition) is 2. The standard InChI is InChI=1S/C12H20N4O/c1-16(10-12(17)15-8-5-13)9-4-11-2-6-14-7-3-11/h2-3,6-7H,4-5,8-10,13H2,1H3,(H,15,17). The molecule has 3 N–H and O–H groups in total. The van der Waals surface area contributed by atoms with Gasteiger partial charge in [0.05, 0.1) is 6.54 Å². The van der Waals surface area contributed by atoms with E-state index in [1.54, 1.807) is 12.4 Å². The number of hydrogen-bond acceptors (Lipinski definition) is 4. The molecular formula is C12H20N4O. The Morgan fingerprint density at radius 2 is 2.18 bits per heavy atom. The van der Waals surface area contributed by atoms with Crippen molar-refractivity contribution >= 4 is 5.91 Å². The Balaban J connectivity index is 2.21. The maximum absolute atomic E-state index is 11.4. The van der Waals surface area contributed by atoms with Crippen molar-refractivity contribution in [2.24, 2.45) is 5.73 Å². The van der Waals surface area contributed by atoms with E-state index in [1.165, 1.54) is 5.56 Å². The van der Waals surface area contributed by atoms with Crippen molar-refractivity contribution in [1.29, 1.82) is 0 Å². The highest BCUT2D eigenvalue weighted by Crippen LogP contribution is 1.98. The van der Waals surface area contributed by atoms with Gasteiger partial charge in [0.1, 0.15) is 0 Å². The zero-order valence-electron chi connectivity index (χ0n) is 10.2. The summed E-state index contributed by atoms with van der Waals surface area (Å²) >= 11 is 0. The highest BCUT2D eigenvalue weighted by atomic mass is 16.2. The van der Waals surface area contributed by atoms with Crippen LogP contribution in [0.25, 0.3) is 0 Å². The molecule has 1 amide bonds. The molecule has 1 rings (SSSR count). The molecule has 0 radical (unpaired) electrons. The van der Waals surface area contributed by atoms with Crippen LogP contribution in [-0.2, 0) is 11.2 Å². The second-order valence-electron chi connectivity index (χ2n) is 3.98. The second kappa shape index (κ2) is 7.76. The third-order valence-corrected chi connectivity index (χ3v) is 2.41. The average Bonchev–Trinajstić information content (AvgIpc) is 2.35. The van der Waals surface area contributed by atoms with Crippen molar-refractivity contribution in [3.63, 3.8) is 0 Å². The first-order valence-electron chi connectivity index (χ1n) is 5.76. The minimum absolute atomic E-state index is 0.0210. The molecule has 0 aliphatic carbocycles. The molecule has 5 nitrogen and oxygen atoms in total. The lowest BCUT2D eigenvalue weighted by molar-refractivity contribution is -0.121. The molecule has 0 atom stereocenters.